The molecular weight excluding hydrogens is 318 g/mol. The van der Waals surface area contributed by atoms with Gasteiger partial charge in [-0.15, -0.1) is 0 Å². The lowest BCUT2D eigenvalue weighted by Gasteiger charge is -2.22. The van der Waals surface area contributed by atoms with Crippen molar-refractivity contribution in [1.82, 2.24) is 5.32 Å². The van der Waals surface area contributed by atoms with Gasteiger partial charge in [0.15, 0.2) is 0 Å². The molecule has 0 aromatic heterocycles. The predicted molar refractivity (Wildman–Crippen MR) is 77.1 cm³/mol. The zero-order valence-electron chi connectivity index (χ0n) is 10.2. The molecule has 0 saturated heterocycles. The molecule has 0 radical (unpaired) electrons. The van der Waals surface area contributed by atoms with Crippen molar-refractivity contribution in [3.05, 3.63) is 28.2 Å². The number of aromatic hydroxyl groups is 1. The van der Waals surface area contributed by atoms with E-state index in [4.69, 9.17) is 0 Å². The SMILES string of the molecule is CSCC(C)(O)CNC(=O)c1ccc(Br)cc1O. The van der Waals surface area contributed by atoms with E-state index in [2.05, 4.69) is 21.2 Å². The first-order valence-corrected chi connectivity index (χ1v) is 7.52. The topological polar surface area (TPSA) is 69.6 Å². The summed E-state index contributed by atoms with van der Waals surface area (Å²) in [6.07, 6.45) is 1.89. The quantitative estimate of drug-likeness (QED) is 0.770. The third-order valence-electron chi connectivity index (χ3n) is 2.29. The molecular formula is C12H16BrNO3S. The Labute approximate surface area is 119 Å². The number of amides is 1. The maximum Gasteiger partial charge on any atom is 0.255 e. The van der Waals surface area contributed by atoms with E-state index in [1.165, 1.54) is 23.9 Å². The molecule has 1 unspecified atom stereocenters. The number of phenols is 1. The molecule has 0 aliphatic heterocycles. The van der Waals surface area contributed by atoms with E-state index in [0.717, 1.165) is 0 Å². The molecule has 0 aliphatic carbocycles. The Balaban J connectivity index is 2.66. The largest absolute Gasteiger partial charge is 0.507 e. The molecule has 3 N–H and O–H groups in total. The summed E-state index contributed by atoms with van der Waals surface area (Å²) in [5.41, 5.74) is -0.766. The van der Waals surface area contributed by atoms with Gasteiger partial charge in [-0.1, -0.05) is 15.9 Å². The molecule has 0 fully saturated rings. The van der Waals surface area contributed by atoms with Gasteiger partial charge in [0.1, 0.15) is 5.75 Å². The van der Waals surface area contributed by atoms with Gasteiger partial charge < -0.3 is 15.5 Å². The van der Waals surface area contributed by atoms with E-state index in [1.54, 1.807) is 13.0 Å². The molecule has 100 valence electrons. The van der Waals surface area contributed by atoms with Gasteiger partial charge in [0, 0.05) is 16.8 Å². The number of nitrogens with one attached hydrogen (secondary N) is 1. The van der Waals surface area contributed by atoms with Crippen LogP contribution in [0.25, 0.3) is 0 Å². The van der Waals surface area contributed by atoms with Crippen LogP contribution >= 0.6 is 27.7 Å². The smallest absolute Gasteiger partial charge is 0.255 e. The molecule has 1 aromatic carbocycles. The van der Waals surface area contributed by atoms with Crippen LogP contribution in [0.1, 0.15) is 17.3 Å². The Kier molecular flexibility index (Phi) is 5.49. The molecule has 1 aromatic rings. The third kappa shape index (κ3) is 4.51. The summed E-state index contributed by atoms with van der Waals surface area (Å²) in [7, 11) is 0. The van der Waals surface area contributed by atoms with Crippen molar-refractivity contribution >= 4 is 33.6 Å². The number of benzene rings is 1. The number of phenolic OH excluding ortho intramolecular Hbond substituents is 1. The van der Waals surface area contributed by atoms with Crippen molar-refractivity contribution in [3.8, 4) is 5.75 Å². The lowest BCUT2D eigenvalue weighted by Crippen LogP contribution is -2.42. The first-order chi connectivity index (χ1) is 8.35. The highest BCUT2D eigenvalue weighted by molar-refractivity contribution is 9.10. The summed E-state index contributed by atoms with van der Waals surface area (Å²) < 4.78 is 0.700. The van der Waals surface area contributed by atoms with Crippen molar-refractivity contribution in [2.24, 2.45) is 0 Å². The Hall–Kier alpha value is -0.720. The Bertz CT molecular complexity index is 437. The number of hydrogen-bond donors (Lipinski definition) is 3. The minimum absolute atomic E-state index is 0.0913. The summed E-state index contributed by atoms with van der Waals surface area (Å²) in [6.45, 7) is 1.80. The standard InChI is InChI=1S/C12H16BrNO3S/c1-12(17,7-18-2)6-14-11(16)9-4-3-8(13)5-10(9)15/h3-5,15,17H,6-7H2,1-2H3,(H,14,16). The monoisotopic (exact) mass is 333 g/mol. The number of hydrogen-bond acceptors (Lipinski definition) is 4. The summed E-state index contributed by atoms with van der Waals surface area (Å²) in [6, 6.07) is 4.65. The van der Waals surface area contributed by atoms with Gasteiger partial charge >= 0.3 is 0 Å². The average Bonchev–Trinajstić information content (AvgIpc) is 2.26. The molecule has 0 saturated carbocycles. The van der Waals surface area contributed by atoms with Crippen LogP contribution in [0.3, 0.4) is 0 Å². The summed E-state index contributed by atoms with van der Waals surface area (Å²) in [5.74, 6) is 0.0346. The minimum atomic E-state index is -0.958. The van der Waals surface area contributed by atoms with Crippen LogP contribution in [0, 0.1) is 0 Å². The van der Waals surface area contributed by atoms with Gasteiger partial charge in [-0.2, -0.15) is 11.8 Å². The van der Waals surface area contributed by atoms with Crippen molar-refractivity contribution in [2.45, 2.75) is 12.5 Å². The first kappa shape index (κ1) is 15.3. The zero-order chi connectivity index (χ0) is 13.8. The maximum atomic E-state index is 11.8. The van der Waals surface area contributed by atoms with E-state index in [0.29, 0.717) is 10.2 Å². The third-order valence-corrected chi connectivity index (χ3v) is 3.69. The second kappa shape index (κ2) is 6.45. The second-order valence-corrected chi connectivity index (χ2v) is 6.06. The number of halogens is 1. The fourth-order valence-corrected chi connectivity index (χ4v) is 2.50. The van der Waals surface area contributed by atoms with Crippen molar-refractivity contribution < 1.29 is 15.0 Å². The fraction of sp³-hybridized carbons (Fsp3) is 0.417. The molecule has 0 heterocycles. The van der Waals surface area contributed by atoms with Crippen LogP contribution in [0.4, 0.5) is 0 Å². The van der Waals surface area contributed by atoms with Gasteiger partial charge in [-0.25, -0.2) is 0 Å². The van der Waals surface area contributed by atoms with Crippen LogP contribution in [0.15, 0.2) is 22.7 Å². The molecule has 0 spiro atoms. The molecule has 0 aliphatic rings. The van der Waals surface area contributed by atoms with Crippen LogP contribution in [0.5, 0.6) is 5.75 Å². The predicted octanol–water partition coefficient (Wildman–Crippen LogP) is 2.00. The van der Waals surface area contributed by atoms with Crippen LogP contribution in [-0.2, 0) is 0 Å². The molecule has 1 atom stereocenters. The zero-order valence-corrected chi connectivity index (χ0v) is 12.6. The highest BCUT2D eigenvalue weighted by Crippen LogP contribution is 2.22. The molecule has 6 heteroatoms. The van der Waals surface area contributed by atoms with Gasteiger partial charge in [-0.3, -0.25) is 4.79 Å². The Morgan fingerprint density at radius 1 is 1.56 bits per heavy atom. The Morgan fingerprint density at radius 3 is 2.78 bits per heavy atom. The first-order valence-electron chi connectivity index (χ1n) is 5.34. The summed E-state index contributed by atoms with van der Waals surface area (Å²) in [4.78, 5) is 11.8. The number of carbonyl (C=O) groups excluding carboxylic acids is 1. The van der Waals surface area contributed by atoms with Gasteiger partial charge in [-0.05, 0) is 31.4 Å². The van der Waals surface area contributed by atoms with E-state index in [1.807, 2.05) is 6.26 Å². The molecule has 1 rings (SSSR count). The average molecular weight is 334 g/mol. The van der Waals surface area contributed by atoms with Gasteiger partial charge in [0.2, 0.25) is 0 Å². The molecule has 18 heavy (non-hydrogen) atoms. The normalized spacial score (nSPS) is 14.0. The van der Waals surface area contributed by atoms with Crippen LogP contribution in [-0.4, -0.2) is 40.3 Å². The van der Waals surface area contributed by atoms with Crippen LogP contribution in [0.2, 0.25) is 0 Å². The molecule has 1 amide bonds. The van der Waals surface area contributed by atoms with Crippen molar-refractivity contribution in [3.63, 3.8) is 0 Å². The minimum Gasteiger partial charge on any atom is -0.507 e. The molecule has 0 bridgehead atoms. The highest BCUT2D eigenvalue weighted by atomic mass is 79.9. The lowest BCUT2D eigenvalue weighted by atomic mass is 10.1. The lowest BCUT2D eigenvalue weighted by molar-refractivity contribution is 0.0723. The molecule has 4 nitrogen and oxygen atoms in total. The van der Waals surface area contributed by atoms with Crippen molar-refractivity contribution in [1.29, 1.82) is 0 Å². The van der Waals surface area contributed by atoms with Crippen LogP contribution < -0.4 is 5.32 Å². The highest BCUT2D eigenvalue weighted by Gasteiger charge is 2.21. The summed E-state index contributed by atoms with van der Waals surface area (Å²) >= 11 is 4.71. The van der Waals surface area contributed by atoms with Gasteiger partial charge in [0.25, 0.3) is 5.91 Å². The van der Waals surface area contributed by atoms with Gasteiger partial charge in [0.05, 0.1) is 11.2 Å². The van der Waals surface area contributed by atoms with E-state index < -0.39 is 11.5 Å². The van der Waals surface area contributed by atoms with E-state index >= 15 is 0 Å². The Morgan fingerprint density at radius 2 is 2.22 bits per heavy atom. The number of aliphatic hydroxyl groups is 1. The van der Waals surface area contributed by atoms with Crippen molar-refractivity contribution in [2.75, 3.05) is 18.6 Å². The number of carbonyl (C=O) groups is 1. The maximum absolute atomic E-state index is 11.8. The summed E-state index contributed by atoms with van der Waals surface area (Å²) in [5, 5.41) is 22.2. The number of thioether (sulfide) groups is 1. The van der Waals surface area contributed by atoms with E-state index in [-0.39, 0.29) is 17.9 Å². The number of rotatable bonds is 5. The fourth-order valence-electron chi connectivity index (χ4n) is 1.42. The second-order valence-electron chi connectivity index (χ2n) is 4.27. The van der Waals surface area contributed by atoms with E-state index in [9.17, 15) is 15.0 Å².